The van der Waals surface area contributed by atoms with E-state index in [4.69, 9.17) is 4.74 Å². The maximum absolute atomic E-state index is 12.7. The molecule has 120 valence electrons. The molecule has 6 nitrogen and oxygen atoms in total. The van der Waals surface area contributed by atoms with Gasteiger partial charge in [0.2, 0.25) is 10.0 Å². The second-order valence-electron chi connectivity index (χ2n) is 4.63. The van der Waals surface area contributed by atoms with Crippen LogP contribution in [-0.4, -0.2) is 51.1 Å². The van der Waals surface area contributed by atoms with Crippen molar-refractivity contribution >= 4 is 10.0 Å². The van der Waals surface area contributed by atoms with E-state index in [0.717, 1.165) is 12.2 Å². The Bertz CT molecular complexity index is 552. The molecule has 0 aliphatic rings. The van der Waals surface area contributed by atoms with Gasteiger partial charge < -0.3 is 14.6 Å². The lowest BCUT2D eigenvalue weighted by Crippen LogP contribution is -2.33. The smallest absolute Gasteiger partial charge is 0.244 e. The Morgan fingerprint density at radius 2 is 2.24 bits per heavy atom. The fourth-order valence-corrected chi connectivity index (χ4v) is 3.55. The molecule has 7 heteroatoms. The fourth-order valence-electron chi connectivity index (χ4n) is 2.09. The Hall–Kier alpha value is -1.15. The van der Waals surface area contributed by atoms with E-state index < -0.39 is 10.0 Å². The summed E-state index contributed by atoms with van der Waals surface area (Å²) in [7, 11) is -0.142. The average Bonchev–Trinajstić information content (AvgIpc) is 2.87. The largest absolute Gasteiger partial charge is 0.383 e. The van der Waals surface area contributed by atoms with Gasteiger partial charge in [-0.05, 0) is 20.0 Å². The predicted octanol–water partition coefficient (Wildman–Crippen LogP) is 1.05. The standard InChI is InChI=1S/C14H25N3O3S/c1-5-7-17(8-9-20-4)21(18,19)14-10-13(11-15-3)16(6-2)12-14/h5,10,12,15H,1,6-9,11H2,2-4H3. The molecule has 1 aromatic heterocycles. The van der Waals surface area contributed by atoms with Crippen molar-refractivity contribution in [3.8, 4) is 0 Å². The fraction of sp³-hybridized carbons (Fsp3) is 0.571. The van der Waals surface area contributed by atoms with Crippen molar-refractivity contribution in [2.45, 2.75) is 24.9 Å². The molecule has 1 aromatic rings. The Morgan fingerprint density at radius 1 is 1.52 bits per heavy atom. The number of methoxy groups -OCH3 is 1. The number of ether oxygens (including phenoxy) is 1. The van der Waals surface area contributed by atoms with Crippen LogP contribution < -0.4 is 5.32 Å². The van der Waals surface area contributed by atoms with Crippen molar-refractivity contribution in [2.75, 3.05) is 33.9 Å². The van der Waals surface area contributed by atoms with Crippen LogP contribution in [0.1, 0.15) is 12.6 Å². The monoisotopic (exact) mass is 315 g/mol. The molecule has 0 saturated heterocycles. The summed E-state index contributed by atoms with van der Waals surface area (Å²) in [5.41, 5.74) is 0.948. The van der Waals surface area contributed by atoms with Gasteiger partial charge in [0.1, 0.15) is 4.90 Å². The van der Waals surface area contributed by atoms with Crippen molar-refractivity contribution in [1.82, 2.24) is 14.2 Å². The molecule has 0 radical (unpaired) electrons. The first-order valence-corrected chi connectivity index (χ1v) is 8.38. The van der Waals surface area contributed by atoms with Gasteiger partial charge in [-0.2, -0.15) is 4.31 Å². The second kappa shape index (κ2) is 8.33. The quantitative estimate of drug-likeness (QED) is 0.656. The lowest BCUT2D eigenvalue weighted by molar-refractivity contribution is 0.182. The van der Waals surface area contributed by atoms with Crippen molar-refractivity contribution in [3.63, 3.8) is 0 Å². The number of nitrogens with zero attached hydrogens (tertiary/aromatic N) is 2. The third-order valence-electron chi connectivity index (χ3n) is 3.17. The number of hydrogen-bond acceptors (Lipinski definition) is 4. The first-order chi connectivity index (χ1) is 10.0. The van der Waals surface area contributed by atoms with E-state index in [9.17, 15) is 8.42 Å². The van der Waals surface area contributed by atoms with Crippen molar-refractivity contribution < 1.29 is 13.2 Å². The predicted molar refractivity (Wildman–Crippen MR) is 83.7 cm³/mol. The molecule has 1 rings (SSSR count). The summed E-state index contributed by atoms with van der Waals surface area (Å²) < 4.78 is 33.7. The molecular formula is C14H25N3O3S. The molecule has 0 aromatic carbocycles. The molecular weight excluding hydrogens is 290 g/mol. The molecule has 0 bridgehead atoms. The number of nitrogens with one attached hydrogen (secondary N) is 1. The van der Waals surface area contributed by atoms with E-state index in [-0.39, 0.29) is 6.54 Å². The SMILES string of the molecule is C=CCN(CCOC)S(=O)(=O)c1cc(CNC)n(CC)c1. The number of hydrogen-bond donors (Lipinski definition) is 1. The summed E-state index contributed by atoms with van der Waals surface area (Å²) in [6.45, 7) is 7.90. The summed E-state index contributed by atoms with van der Waals surface area (Å²) in [5, 5.41) is 3.05. The lowest BCUT2D eigenvalue weighted by atomic mass is 10.4. The Morgan fingerprint density at radius 3 is 2.76 bits per heavy atom. The molecule has 0 aliphatic carbocycles. The Labute approximate surface area is 127 Å². The summed E-state index contributed by atoms with van der Waals surface area (Å²) in [6, 6.07) is 1.72. The van der Waals surface area contributed by atoms with Gasteiger partial charge in [0.15, 0.2) is 0 Å². The third-order valence-corrected chi connectivity index (χ3v) is 5.01. The van der Waals surface area contributed by atoms with Gasteiger partial charge in [0, 0.05) is 45.2 Å². The number of aromatic nitrogens is 1. The minimum absolute atomic E-state index is 0.268. The van der Waals surface area contributed by atoms with Crippen LogP contribution in [-0.2, 0) is 27.8 Å². The Balaban J connectivity index is 3.11. The first-order valence-electron chi connectivity index (χ1n) is 6.94. The topological polar surface area (TPSA) is 63.6 Å². The maximum Gasteiger partial charge on any atom is 0.244 e. The van der Waals surface area contributed by atoms with Crippen LogP contribution >= 0.6 is 0 Å². The lowest BCUT2D eigenvalue weighted by Gasteiger charge is -2.19. The molecule has 0 unspecified atom stereocenters. The van der Waals surface area contributed by atoms with Gasteiger partial charge in [-0.25, -0.2) is 8.42 Å². The maximum atomic E-state index is 12.7. The highest BCUT2D eigenvalue weighted by Gasteiger charge is 2.25. The molecule has 21 heavy (non-hydrogen) atoms. The van der Waals surface area contributed by atoms with Gasteiger partial charge in [-0.1, -0.05) is 6.08 Å². The normalized spacial score (nSPS) is 12.0. The van der Waals surface area contributed by atoms with Crippen LogP contribution in [0.4, 0.5) is 0 Å². The van der Waals surface area contributed by atoms with Crippen LogP contribution in [0.2, 0.25) is 0 Å². The highest BCUT2D eigenvalue weighted by Crippen LogP contribution is 2.19. The molecule has 1 N–H and O–H groups in total. The number of aryl methyl sites for hydroxylation is 1. The van der Waals surface area contributed by atoms with E-state index in [1.807, 2.05) is 18.5 Å². The third kappa shape index (κ3) is 4.41. The Kier molecular flexibility index (Phi) is 7.10. The van der Waals surface area contributed by atoms with Crippen LogP contribution in [0.25, 0.3) is 0 Å². The first kappa shape index (κ1) is 17.9. The highest BCUT2D eigenvalue weighted by molar-refractivity contribution is 7.89. The average molecular weight is 315 g/mol. The molecule has 0 amide bonds. The molecule has 0 aliphatic heterocycles. The van der Waals surface area contributed by atoms with Crippen LogP contribution in [0.3, 0.4) is 0 Å². The van der Waals surface area contributed by atoms with E-state index >= 15 is 0 Å². The molecule has 1 heterocycles. The summed E-state index contributed by atoms with van der Waals surface area (Å²) in [4.78, 5) is 0.313. The number of rotatable bonds is 10. The van der Waals surface area contributed by atoms with Crippen molar-refractivity contribution in [2.24, 2.45) is 0 Å². The van der Waals surface area contributed by atoms with Gasteiger partial charge in [-0.15, -0.1) is 6.58 Å². The zero-order valence-corrected chi connectivity index (χ0v) is 13.8. The van der Waals surface area contributed by atoms with Gasteiger partial charge in [0.05, 0.1) is 6.61 Å². The zero-order valence-electron chi connectivity index (χ0n) is 13.0. The van der Waals surface area contributed by atoms with Gasteiger partial charge in [-0.3, -0.25) is 0 Å². The van der Waals surface area contributed by atoms with Crippen molar-refractivity contribution in [3.05, 3.63) is 30.6 Å². The van der Waals surface area contributed by atoms with E-state index in [1.165, 1.54) is 4.31 Å². The van der Waals surface area contributed by atoms with Gasteiger partial charge >= 0.3 is 0 Å². The molecule has 0 fully saturated rings. The minimum Gasteiger partial charge on any atom is -0.383 e. The molecule has 0 atom stereocenters. The van der Waals surface area contributed by atoms with Crippen LogP contribution in [0.5, 0.6) is 0 Å². The highest BCUT2D eigenvalue weighted by atomic mass is 32.2. The summed E-state index contributed by atoms with van der Waals surface area (Å²) in [6.07, 6.45) is 3.27. The molecule has 0 saturated carbocycles. The van der Waals surface area contributed by atoms with E-state index in [2.05, 4.69) is 11.9 Å². The van der Waals surface area contributed by atoms with Gasteiger partial charge in [0.25, 0.3) is 0 Å². The summed E-state index contributed by atoms with van der Waals surface area (Å²) in [5.74, 6) is 0. The van der Waals surface area contributed by atoms with Crippen molar-refractivity contribution in [1.29, 1.82) is 0 Å². The zero-order chi connectivity index (χ0) is 15.9. The van der Waals surface area contributed by atoms with Crippen LogP contribution in [0.15, 0.2) is 29.8 Å². The van der Waals surface area contributed by atoms with E-state index in [0.29, 0.717) is 24.6 Å². The summed E-state index contributed by atoms with van der Waals surface area (Å²) >= 11 is 0. The van der Waals surface area contributed by atoms with E-state index in [1.54, 1.807) is 25.4 Å². The minimum atomic E-state index is -3.53. The van der Waals surface area contributed by atoms with Crippen LogP contribution in [0, 0.1) is 0 Å². The molecule has 0 spiro atoms. The second-order valence-corrected chi connectivity index (χ2v) is 6.57. The number of sulfonamides is 1.